The van der Waals surface area contributed by atoms with Crippen LogP contribution in [0.15, 0.2) is 111 Å². The summed E-state index contributed by atoms with van der Waals surface area (Å²) in [6, 6.07) is 31.1. The molecule has 290 valence electrons. The molecule has 3 heterocycles. The first-order valence-electron chi connectivity index (χ1n) is 17.8. The normalized spacial score (nSPS) is 10.9. The van der Waals surface area contributed by atoms with Gasteiger partial charge in [-0.2, -0.15) is 5.26 Å². The summed E-state index contributed by atoms with van der Waals surface area (Å²) < 4.78 is 5.32. The number of benzene rings is 5. The van der Waals surface area contributed by atoms with Crippen LogP contribution in [0, 0.1) is 18.3 Å². The van der Waals surface area contributed by atoms with E-state index >= 15 is 0 Å². The summed E-state index contributed by atoms with van der Waals surface area (Å²) in [5.41, 5.74) is 6.40. The minimum atomic E-state index is -0.534. The van der Waals surface area contributed by atoms with Crippen molar-refractivity contribution in [3.8, 4) is 62.4 Å². The van der Waals surface area contributed by atoms with Crippen molar-refractivity contribution in [1.82, 2.24) is 20.2 Å². The smallest absolute Gasteiger partial charge is 0.265 e. The second-order valence-corrected chi connectivity index (χ2v) is 14.6. The van der Waals surface area contributed by atoms with Crippen molar-refractivity contribution in [3.63, 3.8) is 0 Å². The van der Waals surface area contributed by atoms with Crippen LogP contribution in [0.4, 0.5) is 11.4 Å². The number of anilines is 2. The molecule has 0 atom stereocenters. The Morgan fingerprint density at radius 2 is 1.07 bits per heavy atom. The summed E-state index contributed by atoms with van der Waals surface area (Å²) in [5, 5.41) is 40.1. The molecule has 3 aromatic heterocycles. The molecule has 8 rings (SSSR count). The van der Waals surface area contributed by atoms with Crippen molar-refractivity contribution >= 4 is 56.4 Å². The SMILES string of the molecule is CN(C)c1ccc(-c2cc3c(O)c(-c4ccc(C#N)cc4)c(=O)[nH]c3cc2Cl)cc1.Cc1nnc(-c2c(O)c3cc(-c4ccc(N(C)C)cc4)c(Cl)cc3[nH]c2=O)o1. The standard InChI is InChI=1S/C24H18ClN3O2.C20H17ClN4O3/c1-28(2)17-9-7-15(8-10-17)18-11-19-21(12-20(18)25)27-24(30)22(23(19)29)16-5-3-14(13-26)4-6-16;1-10-23-24-20(28-10)17-18(26)14-8-13(15(21)9-16(14)22-19(17)27)11-4-6-12(7-5-11)25(2)3/h3-12H,1-2H3,(H2,27,29,30);4-9H,1-3H3,(H2,22,26,27). The molecule has 0 unspecified atom stereocenters. The molecule has 0 fully saturated rings. The van der Waals surface area contributed by atoms with Crippen LogP contribution < -0.4 is 20.9 Å². The van der Waals surface area contributed by atoms with Crippen LogP contribution in [0.3, 0.4) is 0 Å². The number of aryl methyl sites for hydroxylation is 1. The van der Waals surface area contributed by atoms with E-state index in [2.05, 4.69) is 20.2 Å². The van der Waals surface area contributed by atoms with Gasteiger partial charge in [-0.1, -0.05) is 59.6 Å². The van der Waals surface area contributed by atoms with E-state index in [9.17, 15) is 19.8 Å². The van der Waals surface area contributed by atoms with Crippen molar-refractivity contribution in [2.45, 2.75) is 6.92 Å². The Hall–Kier alpha value is -7.07. The zero-order chi connectivity index (χ0) is 41.4. The summed E-state index contributed by atoms with van der Waals surface area (Å²) in [6.07, 6.45) is 0. The van der Waals surface area contributed by atoms with Crippen LogP contribution in [0.5, 0.6) is 11.5 Å². The zero-order valence-electron chi connectivity index (χ0n) is 31.8. The molecule has 0 bridgehead atoms. The molecule has 0 aliphatic heterocycles. The molecule has 58 heavy (non-hydrogen) atoms. The van der Waals surface area contributed by atoms with Crippen molar-refractivity contribution in [2.24, 2.45) is 0 Å². The molecule has 0 spiro atoms. The predicted molar refractivity (Wildman–Crippen MR) is 230 cm³/mol. The molecular weight excluding hydrogens is 777 g/mol. The van der Waals surface area contributed by atoms with E-state index < -0.39 is 11.1 Å². The number of hydrogen-bond donors (Lipinski definition) is 4. The van der Waals surface area contributed by atoms with E-state index in [0.717, 1.165) is 33.6 Å². The van der Waals surface area contributed by atoms with Gasteiger partial charge in [-0.05, 0) is 77.4 Å². The highest BCUT2D eigenvalue weighted by Gasteiger charge is 2.21. The maximum atomic E-state index is 12.6. The number of hydrogen-bond acceptors (Lipinski definition) is 10. The summed E-state index contributed by atoms with van der Waals surface area (Å²) in [5.74, 6) is -0.0943. The van der Waals surface area contributed by atoms with Crippen molar-refractivity contribution < 1.29 is 14.6 Å². The first-order valence-corrected chi connectivity index (χ1v) is 18.5. The quantitative estimate of drug-likeness (QED) is 0.127. The maximum Gasteiger partial charge on any atom is 0.265 e. The lowest BCUT2D eigenvalue weighted by atomic mass is 9.99. The highest BCUT2D eigenvalue weighted by molar-refractivity contribution is 6.34. The molecule has 12 nitrogen and oxygen atoms in total. The fourth-order valence-electron chi connectivity index (χ4n) is 6.50. The fraction of sp³-hybridized carbons (Fsp3) is 0.114. The largest absolute Gasteiger partial charge is 0.506 e. The van der Waals surface area contributed by atoms with Crippen LogP contribution in [-0.4, -0.2) is 58.6 Å². The number of rotatable bonds is 6. The third-order valence-electron chi connectivity index (χ3n) is 9.58. The topological polar surface area (TPSA) is 175 Å². The molecular formula is C44H35Cl2N7O5. The Balaban J connectivity index is 0.000000177. The number of pyridine rings is 2. The lowest BCUT2D eigenvalue weighted by Crippen LogP contribution is -2.09. The lowest BCUT2D eigenvalue weighted by Gasteiger charge is -2.14. The van der Waals surface area contributed by atoms with Gasteiger partial charge >= 0.3 is 0 Å². The van der Waals surface area contributed by atoms with Gasteiger partial charge < -0.3 is 34.4 Å². The van der Waals surface area contributed by atoms with Gasteiger partial charge in [-0.25, -0.2) is 0 Å². The Labute approximate surface area is 341 Å². The summed E-state index contributed by atoms with van der Waals surface area (Å²) in [7, 11) is 7.87. The number of nitrogens with zero attached hydrogens (tertiary/aromatic N) is 5. The van der Waals surface area contributed by atoms with Crippen LogP contribution >= 0.6 is 23.2 Å². The third kappa shape index (κ3) is 7.56. The molecule has 0 saturated heterocycles. The Morgan fingerprint density at radius 3 is 1.48 bits per heavy atom. The molecule has 0 aliphatic carbocycles. The van der Waals surface area contributed by atoms with E-state index in [0.29, 0.717) is 48.9 Å². The first-order chi connectivity index (χ1) is 27.7. The number of halogens is 2. The fourth-order valence-corrected chi connectivity index (χ4v) is 7.04. The summed E-state index contributed by atoms with van der Waals surface area (Å²) in [4.78, 5) is 34.6. The third-order valence-corrected chi connectivity index (χ3v) is 10.2. The molecule has 14 heteroatoms. The van der Waals surface area contributed by atoms with Crippen molar-refractivity contribution in [2.75, 3.05) is 38.0 Å². The predicted octanol–water partition coefficient (Wildman–Crippen LogP) is 9.14. The van der Waals surface area contributed by atoms with E-state index in [4.69, 9.17) is 32.9 Å². The monoisotopic (exact) mass is 811 g/mol. The number of nitrogens with one attached hydrogen (secondary N) is 2. The Morgan fingerprint density at radius 1 is 0.638 bits per heavy atom. The van der Waals surface area contributed by atoms with Gasteiger partial charge in [-0.15, -0.1) is 10.2 Å². The average molecular weight is 813 g/mol. The van der Waals surface area contributed by atoms with Gasteiger partial charge in [0.1, 0.15) is 17.1 Å². The summed E-state index contributed by atoms with van der Waals surface area (Å²) in [6.45, 7) is 1.61. The second kappa shape index (κ2) is 15.8. The first kappa shape index (κ1) is 39.2. The number of fused-ring (bicyclic) bond motifs is 2. The minimum Gasteiger partial charge on any atom is -0.506 e. The van der Waals surface area contributed by atoms with E-state index in [1.807, 2.05) is 92.6 Å². The van der Waals surface area contributed by atoms with E-state index in [1.54, 1.807) is 55.5 Å². The number of H-pyrrole nitrogens is 2. The molecule has 8 aromatic rings. The van der Waals surface area contributed by atoms with Gasteiger partial charge in [0.2, 0.25) is 5.89 Å². The Kier molecular flexibility index (Phi) is 10.7. The van der Waals surface area contributed by atoms with Crippen LogP contribution in [0.2, 0.25) is 10.0 Å². The Bertz CT molecular complexity index is 3000. The van der Waals surface area contributed by atoms with Gasteiger partial charge in [0, 0.05) is 68.4 Å². The van der Waals surface area contributed by atoms with Crippen molar-refractivity contribution in [1.29, 1.82) is 5.26 Å². The molecule has 4 N–H and O–H groups in total. The van der Waals surface area contributed by atoms with Crippen LogP contribution in [-0.2, 0) is 0 Å². The van der Waals surface area contributed by atoms with Gasteiger partial charge in [-0.3, -0.25) is 9.59 Å². The minimum absolute atomic E-state index is 0.0371. The molecule has 5 aromatic carbocycles. The number of nitriles is 1. The van der Waals surface area contributed by atoms with Crippen LogP contribution in [0.1, 0.15) is 11.5 Å². The molecule has 0 radical (unpaired) electrons. The lowest BCUT2D eigenvalue weighted by molar-refractivity contribution is 0.475. The van der Waals surface area contributed by atoms with E-state index in [1.165, 1.54) is 0 Å². The highest BCUT2D eigenvalue weighted by atomic mass is 35.5. The maximum absolute atomic E-state index is 12.6. The number of aromatic nitrogens is 4. The highest BCUT2D eigenvalue weighted by Crippen LogP contribution is 2.40. The van der Waals surface area contributed by atoms with E-state index in [-0.39, 0.29) is 28.5 Å². The average Bonchev–Trinajstić information content (AvgIpc) is 3.63. The zero-order valence-corrected chi connectivity index (χ0v) is 33.4. The van der Waals surface area contributed by atoms with Crippen LogP contribution in [0.25, 0.3) is 66.6 Å². The summed E-state index contributed by atoms with van der Waals surface area (Å²) >= 11 is 12.9. The molecule has 0 aliphatic rings. The van der Waals surface area contributed by atoms with Gasteiger partial charge in [0.25, 0.3) is 17.0 Å². The van der Waals surface area contributed by atoms with Gasteiger partial charge in [0.05, 0.1) is 38.3 Å². The number of aromatic amines is 2. The second-order valence-electron chi connectivity index (χ2n) is 13.8. The number of aromatic hydroxyl groups is 2. The molecule has 0 saturated carbocycles. The van der Waals surface area contributed by atoms with Gasteiger partial charge in [0.15, 0.2) is 0 Å². The van der Waals surface area contributed by atoms with Crippen molar-refractivity contribution in [3.05, 3.63) is 139 Å². The molecule has 0 amide bonds.